The molecule has 0 aromatic rings. The third-order valence-electron chi connectivity index (χ3n) is 4.22. The van der Waals surface area contributed by atoms with Crippen LogP contribution in [0, 0.1) is 0 Å². The zero-order valence-electron chi connectivity index (χ0n) is 11.6. The van der Waals surface area contributed by atoms with E-state index < -0.39 is 10.2 Å². The molecule has 0 atom stereocenters. The van der Waals surface area contributed by atoms with E-state index in [1.54, 1.807) is 8.61 Å². The lowest BCUT2D eigenvalue weighted by Gasteiger charge is -2.37. The van der Waals surface area contributed by atoms with Crippen LogP contribution in [0.3, 0.4) is 0 Å². The molecule has 6 heteroatoms. The molecule has 19 heavy (non-hydrogen) atoms. The van der Waals surface area contributed by atoms with E-state index in [1.165, 1.54) is 19.3 Å². The number of alkyl halides is 1. The van der Waals surface area contributed by atoms with Crippen LogP contribution in [0.15, 0.2) is 0 Å². The minimum absolute atomic E-state index is 0.221. The Kier molecular flexibility index (Phi) is 6.11. The molecule has 1 aliphatic carbocycles. The van der Waals surface area contributed by atoms with Crippen molar-refractivity contribution in [3.63, 3.8) is 0 Å². The lowest BCUT2D eigenvalue weighted by molar-refractivity contribution is 0.234. The summed E-state index contributed by atoms with van der Waals surface area (Å²) in [6.07, 6.45) is 8.81. The highest BCUT2D eigenvalue weighted by Crippen LogP contribution is 2.27. The molecule has 0 amide bonds. The van der Waals surface area contributed by atoms with Crippen LogP contribution in [0.2, 0.25) is 0 Å². The Hall–Kier alpha value is 0.350. The van der Waals surface area contributed by atoms with Crippen LogP contribution in [0.1, 0.15) is 51.4 Å². The maximum atomic E-state index is 12.8. The summed E-state index contributed by atoms with van der Waals surface area (Å²) < 4.78 is 29.1. The molecule has 1 saturated heterocycles. The van der Waals surface area contributed by atoms with Gasteiger partial charge in [0.2, 0.25) is 0 Å². The Morgan fingerprint density at radius 2 is 1.58 bits per heavy atom. The van der Waals surface area contributed by atoms with Crippen molar-refractivity contribution in [3.8, 4) is 0 Å². The van der Waals surface area contributed by atoms with E-state index in [-0.39, 0.29) is 6.04 Å². The summed E-state index contributed by atoms with van der Waals surface area (Å²) in [7, 11) is -3.25. The van der Waals surface area contributed by atoms with Crippen LogP contribution in [-0.4, -0.2) is 48.0 Å². The lowest BCUT2D eigenvalue weighted by atomic mass is 9.95. The van der Waals surface area contributed by atoms with E-state index in [1.807, 2.05) is 0 Å². The van der Waals surface area contributed by atoms with Crippen LogP contribution in [0.25, 0.3) is 0 Å². The van der Waals surface area contributed by atoms with E-state index >= 15 is 0 Å². The van der Waals surface area contributed by atoms with Crippen LogP contribution in [-0.2, 0) is 10.2 Å². The molecule has 2 aliphatic rings. The fourth-order valence-corrected chi connectivity index (χ4v) is 5.73. The molecule has 0 aromatic carbocycles. The molecular weight excluding hydrogens is 328 g/mol. The molecule has 112 valence electrons. The molecule has 4 nitrogen and oxygen atoms in total. The van der Waals surface area contributed by atoms with Crippen LogP contribution < -0.4 is 0 Å². The Morgan fingerprint density at radius 3 is 2.16 bits per heavy atom. The largest absolute Gasteiger partial charge is 0.282 e. The maximum absolute atomic E-state index is 12.8. The fourth-order valence-electron chi connectivity index (χ4n) is 3.18. The van der Waals surface area contributed by atoms with Crippen molar-refractivity contribution in [2.45, 2.75) is 57.4 Å². The first-order chi connectivity index (χ1) is 9.16. The molecule has 2 rings (SSSR count). The predicted molar refractivity (Wildman–Crippen MR) is 81.7 cm³/mol. The highest BCUT2D eigenvalue weighted by atomic mass is 79.9. The highest BCUT2D eigenvalue weighted by Gasteiger charge is 2.35. The zero-order valence-corrected chi connectivity index (χ0v) is 14.0. The van der Waals surface area contributed by atoms with Gasteiger partial charge in [0.1, 0.15) is 0 Å². The van der Waals surface area contributed by atoms with Crippen molar-refractivity contribution in [2.24, 2.45) is 0 Å². The molecule has 0 bridgehead atoms. The Bertz CT molecular complexity index is 363. The van der Waals surface area contributed by atoms with Crippen molar-refractivity contribution in [2.75, 3.05) is 25.0 Å². The normalized spacial score (nSPS) is 23.9. The second kappa shape index (κ2) is 7.38. The molecule has 1 heterocycles. The van der Waals surface area contributed by atoms with Crippen molar-refractivity contribution in [3.05, 3.63) is 0 Å². The maximum Gasteiger partial charge on any atom is 0.282 e. The summed E-state index contributed by atoms with van der Waals surface area (Å²) in [6, 6.07) is 0.221. The molecule has 0 spiro atoms. The first-order valence-electron chi connectivity index (χ1n) is 7.49. The number of halogens is 1. The third-order valence-corrected chi connectivity index (χ3v) is 6.67. The lowest BCUT2D eigenvalue weighted by Crippen LogP contribution is -2.51. The van der Waals surface area contributed by atoms with Crippen molar-refractivity contribution < 1.29 is 8.42 Å². The van der Waals surface area contributed by atoms with Gasteiger partial charge in [-0.2, -0.15) is 17.0 Å². The number of piperidine rings is 1. The Labute approximate surface area is 125 Å². The van der Waals surface area contributed by atoms with Gasteiger partial charge < -0.3 is 0 Å². The van der Waals surface area contributed by atoms with Crippen LogP contribution in [0.5, 0.6) is 0 Å². The first-order valence-corrected chi connectivity index (χ1v) is 10.0. The summed E-state index contributed by atoms with van der Waals surface area (Å²) in [4.78, 5) is 0. The standard InChI is InChI=1S/C13H25BrN2O2S/c14-9-12-16(13-7-3-1-4-8-13)19(17,18)15-10-5-2-6-11-15/h13H,1-12H2. The molecule has 2 fully saturated rings. The number of hydrogen-bond donors (Lipinski definition) is 0. The van der Waals surface area contributed by atoms with E-state index in [0.717, 1.165) is 37.4 Å². The smallest absolute Gasteiger partial charge is 0.195 e. The Morgan fingerprint density at radius 1 is 1.00 bits per heavy atom. The van der Waals surface area contributed by atoms with Gasteiger partial charge in [0, 0.05) is 31.0 Å². The number of nitrogens with zero attached hydrogens (tertiary/aromatic N) is 2. The third kappa shape index (κ3) is 3.93. The number of hydrogen-bond acceptors (Lipinski definition) is 2. The number of rotatable bonds is 5. The van der Waals surface area contributed by atoms with E-state index in [9.17, 15) is 8.42 Å². The first kappa shape index (κ1) is 15.7. The Balaban J connectivity index is 2.11. The summed E-state index contributed by atoms with van der Waals surface area (Å²) in [5, 5.41) is 0.719. The van der Waals surface area contributed by atoms with Gasteiger partial charge in [-0.3, -0.25) is 0 Å². The van der Waals surface area contributed by atoms with Gasteiger partial charge in [-0.25, -0.2) is 0 Å². The van der Waals surface area contributed by atoms with Gasteiger partial charge in [0.15, 0.2) is 0 Å². The second-order valence-corrected chi connectivity index (χ2v) is 8.23. The second-order valence-electron chi connectivity index (χ2n) is 5.56. The summed E-state index contributed by atoms with van der Waals surface area (Å²) in [6.45, 7) is 2.01. The highest BCUT2D eigenvalue weighted by molar-refractivity contribution is 9.09. The SMILES string of the molecule is O=S(=O)(N1CCCCC1)N(CCBr)C1CCCCC1. The summed E-state index contributed by atoms with van der Waals surface area (Å²) in [5.74, 6) is 0. The van der Waals surface area contributed by atoms with Crippen LogP contribution >= 0.6 is 15.9 Å². The average Bonchev–Trinajstić information content (AvgIpc) is 2.46. The molecule has 0 radical (unpaired) electrons. The van der Waals surface area contributed by atoms with E-state index in [4.69, 9.17) is 0 Å². The average molecular weight is 353 g/mol. The topological polar surface area (TPSA) is 40.6 Å². The predicted octanol–water partition coefficient (Wildman–Crippen LogP) is 2.75. The van der Waals surface area contributed by atoms with Crippen LogP contribution in [0.4, 0.5) is 0 Å². The van der Waals surface area contributed by atoms with E-state index in [2.05, 4.69) is 15.9 Å². The molecule has 0 aromatic heterocycles. The van der Waals surface area contributed by atoms with Crippen molar-refractivity contribution in [1.29, 1.82) is 0 Å². The van der Waals surface area contributed by atoms with E-state index in [0.29, 0.717) is 19.6 Å². The van der Waals surface area contributed by atoms with Crippen molar-refractivity contribution >= 4 is 26.1 Å². The summed E-state index contributed by atoms with van der Waals surface area (Å²) in [5.41, 5.74) is 0. The fraction of sp³-hybridized carbons (Fsp3) is 1.00. The van der Waals surface area contributed by atoms with Gasteiger partial charge in [-0.1, -0.05) is 41.6 Å². The molecule has 0 N–H and O–H groups in total. The minimum atomic E-state index is -3.25. The van der Waals surface area contributed by atoms with Gasteiger partial charge in [0.05, 0.1) is 0 Å². The van der Waals surface area contributed by atoms with Gasteiger partial charge in [-0.05, 0) is 25.7 Å². The van der Waals surface area contributed by atoms with Gasteiger partial charge in [-0.15, -0.1) is 0 Å². The quantitative estimate of drug-likeness (QED) is 0.713. The molecular formula is C13H25BrN2O2S. The summed E-state index contributed by atoms with van der Waals surface area (Å²) >= 11 is 3.41. The zero-order chi connectivity index (χ0) is 13.7. The minimum Gasteiger partial charge on any atom is -0.195 e. The molecule has 1 saturated carbocycles. The van der Waals surface area contributed by atoms with Crippen molar-refractivity contribution in [1.82, 2.24) is 8.61 Å². The molecule has 1 aliphatic heterocycles. The van der Waals surface area contributed by atoms with Gasteiger partial charge in [0.25, 0.3) is 10.2 Å². The molecule has 0 unspecified atom stereocenters. The monoisotopic (exact) mass is 352 g/mol. The van der Waals surface area contributed by atoms with Gasteiger partial charge >= 0.3 is 0 Å².